The van der Waals surface area contributed by atoms with Crippen molar-refractivity contribution in [2.45, 2.75) is 24.6 Å². The predicted octanol–water partition coefficient (Wildman–Crippen LogP) is 2.21. The Morgan fingerprint density at radius 2 is 1.80 bits per heavy atom. The molecule has 0 fully saturated rings. The van der Waals surface area contributed by atoms with E-state index in [0.717, 1.165) is 18.7 Å². The van der Waals surface area contributed by atoms with E-state index in [1.165, 1.54) is 0 Å². The van der Waals surface area contributed by atoms with Crippen LogP contribution in [-0.4, -0.2) is 29.0 Å². The highest BCUT2D eigenvalue weighted by molar-refractivity contribution is 9.09. The summed E-state index contributed by atoms with van der Waals surface area (Å²) in [5.41, 5.74) is 0. The van der Waals surface area contributed by atoms with E-state index in [1.807, 2.05) is 0 Å². The van der Waals surface area contributed by atoms with Crippen LogP contribution in [0, 0.1) is 0 Å². The van der Waals surface area contributed by atoms with Gasteiger partial charge in [-0.3, -0.25) is 0 Å². The lowest BCUT2D eigenvalue weighted by Gasteiger charge is -2.08. The van der Waals surface area contributed by atoms with Crippen LogP contribution < -0.4 is 9.47 Å². The maximum atomic E-state index is 5.07. The fraction of sp³-hybridized carbons (Fsp3) is 0.600. The minimum atomic E-state index is 0.384. The molecule has 4 nitrogen and oxygen atoms in total. The molecule has 1 rings (SSSR count). The van der Waals surface area contributed by atoms with E-state index in [9.17, 15) is 0 Å². The third-order valence-corrected chi connectivity index (χ3v) is 2.96. The lowest BCUT2D eigenvalue weighted by Crippen LogP contribution is -2.07. The Kier molecular flexibility index (Phi) is 4.81. The first-order valence-corrected chi connectivity index (χ1v) is 5.71. The highest BCUT2D eigenvalue weighted by atomic mass is 79.9. The lowest BCUT2D eigenvalue weighted by atomic mass is 10.2. The summed E-state index contributed by atoms with van der Waals surface area (Å²) in [5, 5.41) is 0. The van der Waals surface area contributed by atoms with E-state index >= 15 is 0 Å². The van der Waals surface area contributed by atoms with Gasteiger partial charge in [-0.05, 0) is 6.42 Å². The molecule has 1 aromatic heterocycles. The summed E-state index contributed by atoms with van der Waals surface area (Å²) in [6, 6.07) is 1.67. The molecule has 0 N–H and O–H groups in total. The van der Waals surface area contributed by atoms with Crippen molar-refractivity contribution >= 4 is 15.9 Å². The van der Waals surface area contributed by atoms with Crippen LogP contribution in [0.2, 0.25) is 0 Å². The summed E-state index contributed by atoms with van der Waals surface area (Å²) in [7, 11) is 3.16. The van der Waals surface area contributed by atoms with Crippen LogP contribution in [-0.2, 0) is 6.42 Å². The minimum Gasteiger partial charge on any atom is -0.481 e. The number of aromatic nitrogens is 2. The number of methoxy groups -OCH3 is 2. The van der Waals surface area contributed by atoms with Crippen molar-refractivity contribution in [1.29, 1.82) is 0 Å². The van der Waals surface area contributed by atoms with E-state index in [0.29, 0.717) is 16.6 Å². The Morgan fingerprint density at radius 1 is 1.27 bits per heavy atom. The van der Waals surface area contributed by atoms with Crippen molar-refractivity contribution in [1.82, 2.24) is 9.97 Å². The summed E-state index contributed by atoms with van der Waals surface area (Å²) in [4.78, 5) is 8.87. The van der Waals surface area contributed by atoms with E-state index in [4.69, 9.17) is 9.47 Å². The average molecular weight is 275 g/mol. The standard InChI is InChI=1S/C10H15BrN2O2/c1-4-7(11)5-8-12-9(14-2)6-10(13-8)15-3/h6-7H,4-5H2,1-3H3. The minimum absolute atomic E-state index is 0.384. The van der Waals surface area contributed by atoms with Gasteiger partial charge in [-0.25, -0.2) is 0 Å². The molecule has 0 spiro atoms. The molecule has 0 aliphatic carbocycles. The van der Waals surface area contributed by atoms with Crippen LogP contribution >= 0.6 is 15.9 Å². The second-order valence-electron chi connectivity index (χ2n) is 3.08. The molecule has 1 aromatic rings. The zero-order chi connectivity index (χ0) is 11.3. The molecule has 15 heavy (non-hydrogen) atoms. The van der Waals surface area contributed by atoms with E-state index < -0.39 is 0 Å². The first-order chi connectivity index (χ1) is 7.19. The van der Waals surface area contributed by atoms with Crippen molar-refractivity contribution in [3.05, 3.63) is 11.9 Å². The maximum Gasteiger partial charge on any atom is 0.220 e. The summed E-state index contributed by atoms with van der Waals surface area (Å²) in [6.45, 7) is 2.11. The number of ether oxygens (including phenoxy) is 2. The lowest BCUT2D eigenvalue weighted by molar-refractivity contribution is 0.368. The molecular formula is C10H15BrN2O2. The van der Waals surface area contributed by atoms with Gasteiger partial charge in [0.1, 0.15) is 5.82 Å². The molecular weight excluding hydrogens is 260 g/mol. The van der Waals surface area contributed by atoms with Crippen molar-refractivity contribution < 1.29 is 9.47 Å². The molecule has 0 radical (unpaired) electrons. The fourth-order valence-electron chi connectivity index (χ4n) is 1.09. The highest BCUT2D eigenvalue weighted by Crippen LogP contribution is 2.17. The van der Waals surface area contributed by atoms with Crippen LogP contribution in [0.1, 0.15) is 19.2 Å². The number of nitrogens with zero attached hydrogens (tertiary/aromatic N) is 2. The molecule has 84 valence electrons. The zero-order valence-corrected chi connectivity index (χ0v) is 10.7. The second kappa shape index (κ2) is 5.90. The Morgan fingerprint density at radius 3 is 2.20 bits per heavy atom. The van der Waals surface area contributed by atoms with Gasteiger partial charge in [0.2, 0.25) is 11.8 Å². The number of alkyl halides is 1. The molecule has 0 amide bonds. The molecule has 1 atom stereocenters. The van der Waals surface area contributed by atoms with Gasteiger partial charge in [0.25, 0.3) is 0 Å². The Hall–Kier alpha value is -0.840. The van der Waals surface area contributed by atoms with Crippen molar-refractivity contribution in [3.63, 3.8) is 0 Å². The van der Waals surface area contributed by atoms with Gasteiger partial charge in [0.15, 0.2) is 0 Å². The van der Waals surface area contributed by atoms with Gasteiger partial charge in [-0.1, -0.05) is 22.9 Å². The third-order valence-electron chi connectivity index (χ3n) is 1.99. The van der Waals surface area contributed by atoms with Crippen LogP contribution in [0.15, 0.2) is 6.07 Å². The first kappa shape index (κ1) is 12.2. The van der Waals surface area contributed by atoms with Gasteiger partial charge >= 0.3 is 0 Å². The van der Waals surface area contributed by atoms with E-state index in [2.05, 4.69) is 32.8 Å². The predicted molar refractivity (Wildman–Crippen MR) is 61.8 cm³/mol. The third kappa shape index (κ3) is 3.66. The number of hydrogen-bond acceptors (Lipinski definition) is 4. The molecule has 0 saturated carbocycles. The summed E-state index contributed by atoms with van der Waals surface area (Å²) in [5.74, 6) is 1.80. The van der Waals surface area contributed by atoms with Crippen LogP contribution in [0.3, 0.4) is 0 Å². The molecule has 1 unspecified atom stereocenters. The average Bonchev–Trinajstić information content (AvgIpc) is 2.28. The van der Waals surface area contributed by atoms with Crippen LogP contribution in [0.4, 0.5) is 0 Å². The molecule has 0 aliphatic heterocycles. The van der Waals surface area contributed by atoms with Crippen molar-refractivity contribution in [2.75, 3.05) is 14.2 Å². The highest BCUT2D eigenvalue weighted by Gasteiger charge is 2.09. The van der Waals surface area contributed by atoms with Gasteiger partial charge in [0.05, 0.1) is 20.3 Å². The SMILES string of the molecule is CCC(Br)Cc1nc(OC)cc(OC)n1. The van der Waals surface area contributed by atoms with E-state index in [1.54, 1.807) is 20.3 Å². The van der Waals surface area contributed by atoms with Crippen molar-refractivity contribution in [3.8, 4) is 11.8 Å². The fourth-order valence-corrected chi connectivity index (χ4v) is 1.38. The smallest absolute Gasteiger partial charge is 0.220 e. The second-order valence-corrected chi connectivity index (χ2v) is 4.37. The Bertz CT molecular complexity index is 298. The molecule has 1 heterocycles. The first-order valence-electron chi connectivity index (χ1n) is 4.79. The summed E-state index contributed by atoms with van der Waals surface area (Å²) < 4.78 is 10.1. The molecule has 0 saturated heterocycles. The Balaban J connectivity index is 2.86. The van der Waals surface area contributed by atoms with Crippen molar-refractivity contribution in [2.24, 2.45) is 0 Å². The summed E-state index contributed by atoms with van der Waals surface area (Å²) in [6.07, 6.45) is 1.80. The molecule has 0 aliphatic rings. The number of halogens is 1. The maximum absolute atomic E-state index is 5.07. The topological polar surface area (TPSA) is 44.2 Å². The van der Waals surface area contributed by atoms with Crippen LogP contribution in [0.25, 0.3) is 0 Å². The van der Waals surface area contributed by atoms with Gasteiger partial charge < -0.3 is 9.47 Å². The molecule has 0 bridgehead atoms. The molecule has 5 heteroatoms. The van der Waals surface area contributed by atoms with Gasteiger partial charge in [-0.15, -0.1) is 0 Å². The Labute approximate surface area is 98.2 Å². The summed E-state index contributed by atoms with van der Waals surface area (Å²) >= 11 is 3.54. The van der Waals surface area contributed by atoms with Gasteiger partial charge in [-0.2, -0.15) is 9.97 Å². The van der Waals surface area contributed by atoms with Gasteiger partial charge in [0, 0.05) is 11.2 Å². The molecule has 0 aromatic carbocycles. The zero-order valence-electron chi connectivity index (χ0n) is 9.16. The number of hydrogen-bond donors (Lipinski definition) is 0. The number of rotatable bonds is 5. The quantitative estimate of drug-likeness (QED) is 0.773. The van der Waals surface area contributed by atoms with E-state index in [-0.39, 0.29) is 0 Å². The monoisotopic (exact) mass is 274 g/mol. The largest absolute Gasteiger partial charge is 0.481 e. The normalized spacial score (nSPS) is 12.3. The van der Waals surface area contributed by atoms with Crippen LogP contribution in [0.5, 0.6) is 11.8 Å².